The monoisotopic (exact) mass is 214 g/mol. The van der Waals surface area contributed by atoms with Gasteiger partial charge in [-0.3, -0.25) is 0 Å². The average molecular weight is 214 g/mol. The number of rotatable bonds is 6. The molecule has 0 N–H and O–H groups in total. The molecule has 0 fully saturated rings. The highest BCUT2D eigenvalue weighted by Crippen LogP contribution is 2.31. The second-order valence-corrected chi connectivity index (χ2v) is 6.10. The van der Waals surface area contributed by atoms with E-state index in [1.54, 1.807) is 0 Å². The Kier molecular flexibility index (Phi) is 9.49. The summed E-state index contributed by atoms with van der Waals surface area (Å²) in [6, 6.07) is 0. The van der Waals surface area contributed by atoms with Gasteiger partial charge in [0.15, 0.2) is 0 Å². The summed E-state index contributed by atoms with van der Waals surface area (Å²) in [7, 11) is 0. The van der Waals surface area contributed by atoms with Crippen LogP contribution in [0.3, 0.4) is 0 Å². The maximum absolute atomic E-state index is 2.41. The van der Waals surface area contributed by atoms with E-state index in [9.17, 15) is 0 Å². The van der Waals surface area contributed by atoms with E-state index in [0.717, 1.165) is 11.8 Å². The molecular weight excluding hydrogens is 180 g/mol. The molecular formula is C15H34. The molecule has 15 heavy (non-hydrogen) atoms. The van der Waals surface area contributed by atoms with Gasteiger partial charge in [0.05, 0.1) is 0 Å². The summed E-state index contributed by atoms with van der Waals surface area (Å²) in [5.41, 5.74) is 0.485. The highest BCUT2D eigenvalue weighted by atomic mass is 14.3. The second kappa shape index (κ2) is 8.19. The summed E-state index contributed by atoms with van der Waals surface area (Å²) >= 11 is 0. The first-order valence-electron chi connectivity index (χ1n) is 6.38. The summed E-state index contributed by atoms with van der Waals surface area (Å²) < 4.78 is 0. The predicted molar refractivity (Wildman–Crippen MR) is 73.3 cm³/mol. The molecule has 0 aromatic heterocycles. The van der Waals surface area contributed by atoms with Crippen LogP contribution in [0.5, 0.6) is 0 Å². The van der Waals surface area contributed by atoms with Gasteiger partial charge in [0.1, 0.15) is 0 Å². The lowest BCUT2D eigenvalue weighted by atomic mass is 9.76. The van der Waals surface area contributed by atoms with Crippen LogP contribution < -0.4 is 0 Å². The molecule has 94 valence electrons. The Labute approximate surface area is 98.9 Å². The summed E-state index contributed by atoms with van der Waals surface area (Å²) in [6.45, 7) is 14.2. The van der Waals surface area contributed by atoms with E-state index < -0.39 is 0 Å². The van der Waals surface area contributed by atoms with Gasteiger partial charge in [-0.15, -0.1) is 0 Å². The molecule has 0 rings (SSSR count). The van der Waals surface area contributed by atoms with Crippen LogP contribution in [0, 0.1) is 17.3 Å². The zero-order chi connectivity index (χ0) is 11.2. The van der Waals surface area contributed by atoms with E-state index in [1.807, 2.05) is 0 Å². The number of hydrogen-bond donors (Lipinski definition) is 0. The lowest BCUT2D eigenvalue weighted by Gasteiger charge is -2.29. The standard InChI is InChI=1S/C14H30.CH4/c1-7-8-9-10-12(2)11-13(3)14(4,5)6;/h12-13H,7-11H2,1-6H3;1H4. The van der Waals surface area contributed by atoms with E-state index >= 15 is 0 Å². The molecule has 0 spiro atoms. The zero-order valence-electron chi connectivity index (χ0n) is 11.2. The van der Waals surface area contributed by atoms with E-state index in [1.165, 1.54) is 32.1 Å². The van der Waals surface area contributed by atoms with Gasteiger partial charge in [-0.1, -0.05) is 74.7 Å². The highest BCUT2D eigenvalue weighted by molar-refractivity contribution is 4.72. The third kappa shape index (κ3) is 8.96. The minimum Gasteiger partial charge on any atom is -0.0776 e. The SMILES string of the molecule is C.CCCCCC(C)CC(C)C(C)(C)C. The van der Waals surface area contributed by atoms with Crippen molar-refractivity contribution in [2.24, 2.45) is 17.3 Å². The van der Waals surface area contributed by atoms with Crippen molar-refractivity contribution in [1.82, 2.24) is 0 Å². The minimum atomic E-state index is 0. The topological polar surface area (TPSA) is 0 Å². The molecule has 2 atom stereocenters. The molecule has 0 radical (unpaired) electrons. The van der Waals surface area contributed by atoms with Gasteiger partial charge in [0.25, 0.3) is 0 Å². The van der Waals surface area contributed by atoms with Crippen LogP contribution in [0.1, 0.15) is 81.1 Å². The summed E-state index contributed by atoms with van der Waals surface area (Å²) in [6.07, 6.45) is 7.01. The van der Waals surface area contributed by atoms with Crippen LogP contribution >= 0.6 is 0 Å². The molecule has 0 aliphatic heterocycles. The molecule has 0 heterocycles. The van der Waals surface area contributed by atoms with E-state index in [4.69, 9.17) is 0 Å². The second-order valence-electron chi connectivity index (χ2n) is 6.10. The van der Waals surface area contributed by atoms with Crippen LogP contribution in [0.25, 0.3) is 0 Å². The smallest absolute Gasteiger partial charge is 0.0357 e. The molecule has 0 aliphatic carbocycles. The van der Waals surface area contributed by atoms with Gasteiger partial charge in [0.2, 0.25) is 0 Å². The van der Waals surface area contributed by atoms with Gasteiger partial charge in [-0.05, 0) is 23.7 Å². The molecule has 0 nitrogen and oxygen atoms in total. The summed E-state index contributed by atoms with van der Waals surface area (Å²) in [5, 5.41) is 0. The van der Waals surface area contributed by atoms with Crippen LogP contribution in [0.15, 0.2) is 0 Å². The van der Waals surface area contributed by atoms with Gasteiger partial charge >= 0.3 is 0 Å². The predicted octanol–water partition coefficient (Wildman–Crippen LogP) is 5.91. The number of hydrogen-bond acceptors (Lipinski definition) is 0. The molecule has 0 aliphatic rings. The summed E-state index contributed by atoms with van der Waals surface area (Å²) in [4.78, 5) is 0. The van der Waals surface area contributed by atoms with Gasteiger partial charge < -0.3 is 0 Å². The maximum atomic E-state index is 2.41. The van der Waals surface area contributed by atoms with Crippen molar-refractivity contribution in [3.8, 4) is 0 Å². The van der Waals surface area contributed by atoms with Gasteiger partial charge in [-0.2, -0.15) is 0 Å². The normalized spacial score (nSPS) is 15.6. The number of unbranched alkanes of at least 4 members (excludes halogenated alkanes) is 2. The maximum Gasteiger partial charge on any atom is -0.0357 e. The molecule has 0 saturated heterocycles. The van der Waals surface area contributed by atoms with Crippen LogP contribution in [0.4, 0.5) is 0 Å². The van der Waals surface area contributed by atoms with Crippen molar-refractivity contribution in [3.63, 3.8) is 0 Å². The first kappa shape index (κ1) is 17.4. The van der Waals surface area contributed by atoms with E-state index in [2.05, 4.69) is 41.5 Å². The largest absolute Gasteiger partial charge is 0.0776 e. The van der Waals surface area contributed by atoms with E-state index in [0.29, 0.717) is 5.41 Å². The molecule has 0 heteroatoms. The molecule has 0 saturated carbocycles. The average Bonchev–Trinajstić information content (AvgIpc) is 2.03. The van der Waals surface area contributed by atoms with Crippen LogP contribution in [-0.4, -0.2) is 0 Å². The van der Waals surface area contributed by atoms with Crippen molar-refractivity contribution in [3.05, 3.63) is 0 Å². The lowest BCUT2D eigenvalue weighted by molar-refractivity contribution is 0.214. The third-order valence-corrected chi connectivity index (χ3v) is 3.53. The molecule has 0 aromatic carbocycles. The van der Waals surface area contributed by atoms with Crippen LogP contribution in [0.2, 0.25) is 0 Å². The fourth-order valence-electron chi connectivity index (χ4n) is 1.82. The van der Waals surface area contributed by atoms with E-state index in [-0.39, 0.29) is 7.43 Å². The zero-order valence-corrected chi connectivity index (χ0v) is 11.2. The fourth-order valence-corrected chi connectivity index (χ4v) is 1.82. The Morgan fingerprint density at radius 2 is 1.53 bits per heavy atom. The minimum absolute atomic E-state index is 0. The highest BCUT2D eigenvalue weighted by Gasteiger charge is 2.21. The first-order chi connectivity index (χ1) is 6.38. The Morgan fingerprint density at radius 1 is 1.00 bits per heavy atom. The first-order valence-corrected chi connectivity index (χ1v) is 6.38. The van der Waals surface area contributed by atoms with Crippen molar-refractivity contribution in [1.29, 1.82) is 0 Å². The molecule has 0 amide bonds. The Balaban J connectivity index is 0. The Morgan fingerprint density at radius 3 is 1.93 bits per heavy atom. The quantitative estimate of drug-likeness (QED) is 0.482. The third-order valence-electron chi connectivity index (χ3n) is 3.53. The molecule has 0 aromatic rings. The Hall–Kier alpha value is 0. The van der Waals surface area contributed by atoms with Crippen LogP contribution in [-0.2, 0) is 0 Å². The lowest BCUT2D eigenvalue weighted by Crippen LogP contribution is -2.19. The van der Waals surface area contributed by atoms with Gasteiger partial charge in [-0.25, -0.2) is 0 Å². The Bertz CT molecular complexity index is 129. The van der Waals surface area contributed by atoms with Crippen molar-refractivity contribution < 1.29 is 0 Å². The fraction of sp³-hybridized carbons (Fsp3) is 1.00. The molecule has 2 unspecified atom stereocenters. The van der Waals surface area contributed by atoms with Crippen molar-refractivity contribution in [2.75, 3.05) is 0 Å². The van der Waals surface area contributed by atoms with Crippen molar-refractivity contribution in [2.45, 2.75) is 81.1 Å². The summed E-state index contributed by atoms with van der Waals surface area (Å²) in [5.74, 6) is 1.76. The molecule has 0 bridgehead atoms. The van der Waals surface area contributed by atoms with Gasteiger partial charge in [0, 0.05) is 0 Å². The van der Waals surface area contributed by atoms with Crippen molar-refractivity contribution >= 4 is 0 Å².